The van der Waals surface area contributed by atoms with Crippen molar-refractivity contribution in [2.75, 3.05) is 5.32 Å². The monoisotopic (exact) mass is 288 g/mol. The van der Waals surface area contributed by atoms with E-state index in [9.17, 15) is 4.79 Å². The highest BCUT2D eigenvalue weighted by atomic mass is 16.1. The highest BCUT2D eigenvalue weighted by Crippen LogP contribution is 2.19. The molecule has 3 nitrogen and oxygen atoms in total. The first-order valence-corrected chi connectivity index (χ1v) is 7.12. The molecule has 1 amide bonds. The number of nitrogens with one attached hydrogen (secondary N) is 1. The molecule has 0 aliphatic carbocycles. The Kier molecular flexibility index (Phi) is 3.97. The number of aromatic nitrogens is 1. The van der Waals surface area contributed by atoms with E-state index < -0.39 is 0 Å². The van der Waals surface area contributed by atoms with Crippen LogP contribution in [0.25, 0.3) is 11.1 Å². The standard InChI is InChI=1S/C19H16N2O/c1-14-7-9-16(10-8-14)19(22)21-18-12-11-17(13-20-18)15-5-3-2-4-6-15/h2-13H,1H3,(H,20,21,22). The zero-order valence-electron chi connectivity index (χ0n) is 12.3. The van der Waals surface area contributed by atoms with E-state index in [-0.39, 0.29) is 5.91 Å². The Morgan fingerprint density at radius 3 is 2.23 bits per heavy atom. The molecule has 0 spiro atoms. The largest absolute Gasteiger partial charge is 0.307 e. The van der Waals surface area contributed by atoms with Gasteiger partial charge < -0.3 is 5.32 Å². The molecule has 1 N–H and O–H groups in total. The molecule has 0 saturated carbocycles. The van der Waals surface area contributed by atoms with Crippen molar-refractivity contribution >= 4 is 11.7 Å². The van der Waals surface area contributed by atoms with Crippen LogP contribution in [0.4, 0.5) is 5.82 Å². The maximum atomic E-state index is 12.1. The van der Waals surface area contributed by atoms with Gasteiger partial charge in [-0.15, -0.1) is 0 Å². The van der Waals surface area contributed by atoms with Crippen LogP contribution in [0.5, 0.6) is 0 Å². The van der Waals surface area contributed by atoms with Crippen LogP contribution in [0.15, 0.2) is 72.9 Å². The Labute approximate surface area is 129 Å². The van der Waals surface area contributed by atoms with Gasteiger partial charge in [0.05, 0.1) is 0 Å². The third-order valence-electron chi connectivity index (χ3n) is 3.43. The second kappa shape index (κ2) is 6.22. The quantitative estimate of drug-likeness (QED) is 0.780. The molecule has 1 aromatic heterocycles. The first-order valence-electron chi connectivity index (χ1n) is 7.12. The van der Waals surface area contributed by atoms with Crippen LogP contribution in [-0.2, 0) is 0 Å². The van der Waals surface area contributed by atoms with E-state index in [0.717, 1.165) is 16.7 Å². The highest BCUT2D eigenvalue weighted by Gasteiger charge is 2.06. The van der Waals surface area contributed by atoms with E-state index in [4.69, 9.17) is 0 Å². The van der Waals surface area contributed by atoms with Gasteiger partial charge in [-0.3, -0.25) is 4.79 Å². The van der Waals surface area contributed by atoms with Crippen LogP contribution in [0, 0.1) is 6.92 Å². The summed E-state index contributed by atoms with van der Waals surface area (Å²) in [4.78, 5) is 16.4. The molecule has 0 unspecified atom stereocenters. The van der Waals surface area contributed by atoms with Crippen molar-refractivity contribution in [2.45, 2.75) is 6.92 Å². The molecule has 0 fully saturated rings. The number of nitrogens with zero attached hydrogens (tertiary/aromatic N) is 1. The third-order valence-corrected chi connectivity index (χ3v) is 3.43. The van der Waals surface area contributed by atoms with Crippen LogP contribution in [0.2, 0.25) is 0 Å². The van der Waals surface area contributed by atoms with Crippen molar-refractivity contribution in [3.8, 4) is 11.1 Å². The second-order valence-electron chi connectivity index (χ2n) is 5.12. The molecular weight excluding hydrogens is 272 g/mol. The summed E-state index contributed by atoms with van der Waals surface area (Å²) in [6, 6.07) is 21.2. The number of anilines is 1. The molecule has 22 heavy (non-hydrogen) atoms. The molecule has 0 atom stereocenters. The SMILES string of the molecule is Cc1ccc(C(=O)Nc2ccc(-c3ccccc3)cn2)cc1. The Hall–Kier alpha value is -2.94. The van der Waals surface area contributed by atoms with E-state index in [1.807, 2.05) is 73.7 Å². The Bertz CT molecular complexity index is 763. The number of benzene rings is 2. The van der Waals surface area contributed by atoms with Crippen LogP contribution in [0.1, 0.15) is 15.9 Å². The predicted molar refractivity (Wildman–Crippen MR) is 88.8 cm³/mol. The minimum absolute atomic E-state index is 0.153. The molecule has 108 valence electrons. The average molecular weight is 288 g/mol. The molecule has 1 heterocycles. The van der Waals surface area contributed by atoms with E-state index in [2.05, 4.69) is 10.3 Å². The number of amides is 1. The molecule has 0 aliphatic rings. The van der Waals surface area contributed by atoms with Gasteiger partial charge in [0.15, 0.2) is 0 Å². The van der Waals surface area contributed by atoms with E-state index >= 15 is 0 Å². The first kappa shape index (κ1) is 14.0. The fourth-order valence-corrected chi connectivity index (χ4v) is 2.16. The minimum Gasteiger partial charge on any atom is -0.307 e. The topological polar surface area (TPSA) is 42.0 Å². The van der Waals surface area contributed by atoms with Gasteiger partial charge in [0.25, 0.3) is 5.91 Å². The highest BCUT2D eigenvalue weighted by molar-refractivity contribution is 6.03. The van der Waals surface area contributed by atoms with Gasteiger partial charge in [0.1, 0.15) is 5.82 Å². The fraction of sp³-hybridized carbons (Fsp3) is 0.0526. The lowest BCUT2D eigenvalue weighted by Crippen LogP contribution is -2.12. The van der Waals surface area contributed by atoms with Gasteiger partial charge in [-0.1, -0.05) is 48.0 Å². The maximum absolute atomic E-state index is 12.1. The van der Waals surface area contributed by atoms with Crippen molar-refractivity contribution < 1.29 is 4.79 Å². The molecule has 0 radical (unpaired) electrons. The summed E-state index contributed by atoms with van der Waals surface area (Å²) in [6.07, 6.45) is 1.76. The molecule has 3 heteroatoms. The molecule has 0 aliphatic heterocycles. The van der Waals surface area contributed by atoms with Gasteiger partial charge in [-0.05, 0) is 36.8 Å². The summed E-state index contributed by atoms with van der Waals surface area (Å²) < 4.78 is 0. The van der Waals surface area contributed by atoms with Gasteiger partial charge in [-0.25, -0.2) is 4.98 Å². The number of pyridine rings is 1. The zero-order chi connectivity index (χ0) is 15.4. The molecular formula is C19H16N2O. The average Bonchev–Trinajstić information content (AvgIpc) is 2.57. The van der Waals surface area contributed by atoms with Gasteiger partial charge in [0, 0.05) is 17.3 Å². The second-order valence-corrected chi connectivity index (χ2v) is 5.12. The van der Waals surface area contributed by atoms with Crippen LogP contribution in [-0.4, -0.2) is 10.9 Å². The number of hydrogen-bond acceptors (Lipinski definition) is 2. The smallest absolute Gasteiger partial charge is 0.256 e. The summed E-state index contributed by atoms with van der Waals surface area (Å²) in [5.41, 5.74) is 3.88. The summed E-state index contributed by atoms with van der Waals surface area (Å²) in [5.74, 6) is 0.394. The van der Waals surface area contributed by atoms with E-state index in [1.54, 1.807) is 6.20 Å². The molecule has 2 aromatic carbocycles. The lowest BCUT2D eigenvalue weighted by Gasteiger charge is -2.06. The predicted octanol–water partition coefficient (Wildman–Crippen LogP) is 4.31. The van der Waals surface area contributed by atoms with Crippen molar-refractivity contribution in [3.05, 3.63) is 84.1 Å². The van der Waals surface area contributed by atoms with E-state index in [1.165, 1.54) is 0 Å². The van der Waals surface area contributed by atoms with Crippen molar-refractivity contribution in [1.82, 2.24) is 4.98 Å². The lowest BCUT2D eigenvalue weighted by atomic mass is 10.1. The first-order chi connectivity index (χ1) is 10.7. The van der Waals surface area contributed by atoms with Crippen LogP contribution in [0.3, 0.4) is 0 Å². The Balaban J connectivity index is 1.73. The summed E-state index contributed by atoms with van der Waals surface area (Å²) in [7, 11) is 0. The lowest BCUT2D eigenvalue weighted by molar-refractivity contribution is 0.102. The third kappa shape index (κ3) is 3.20. The summed E-state index contributed by atoms with van der Waals surface area (Å²) in [5, 5.41) is 2.81. The number of carbonyl (C=O) groups is 1. The number of hydrogen-bond donors (Lipinski definition) is 1. The van der Waals surface area contributed by atoms with Crippen LogP contribution < -0.4 is 5.32 Å². The number of carbonyl (C=O) groups excluding carboxylic acids is 1. The maximum Gasteiger partial charge on any atom is 0.256 e. The summed E-state index contributed by atoms with van der Waals surface area (Å²) >= 11 is 0. The Morgan fingerprint density at radius 2 is 1.59 bits per heavy atom. The molecule has 0 bridgehead atoms. The van der Waals surface area contributed by atoms with E-state index in [0.29, 0.717) is 11.4 Å². The van der Waals surface area contributed by atoms with Crippen molar-refractivity contribution in [2.24, 2.45) is 0 Å². The normalized spacial score (nSPS) is 10.2. The van der Waals surface area contributed by atoms with Gasteiger partial charge in [-0.2, -0.15) is 0 Å². The Morgan fingerprint density at radius 1 is 0.864 bits per heavy atom. The molecule has 0 saturated heterocycles. The minimum atomic E-state index is -0.153. The zero-order valence-corrected chi connectivity index (χ0v) is 12.3. The van der Waals surface area contributed by atoms with Crippen molar-refractivity contribution in [3.63, 3.8) is 0 Å². The van der Waals surface area contributed by atoms with Crippen LogP contribution >= 0.6 is 0 Å². The molecule has 3 aromatic rings. The van der Waals surface area contributed by atoms with Gasteiger partial charge in [0.2, 0.25) is 0 Å². The van der Waals surface area contributed by atoms with Gasteiger partial charge >= 0.3 is 0 Å². The fourth-order valence-electron chi connectivity index (χ4n) is 2.16. The van der Waals surface area contributed by atoms with Crippen molar-refractivity contribution in [1.29, 1.82) is 0 Å². The molecule has 3 rings (SSSR count). The summed E-state index contributed by atoms with van der Waals surface area (Å²) in [6.45, 7) is 1.99. The number of aryl methyl sites for hydroxylation is 1. The number of rotatable bonds is 3.